The van der Waals surface area contributed by atoms with Crippen LogP contribution < -0.4 is 5.11 Å². The number of carboxylic acids is 1. The third-order valence-electron chi connectivity index (χ3n) is 1.75. The maximum Gasteiger partial charge on any atom is 0.0674 e. The molecular formula is C12H17O2-. The molecule has 0 aliphatic rings. The summed E-state index contributed by atoms with van der Waals surface area (Å²) in [6.07, 6.45) is 11.8. The van der Waals surface area contributed by atoms with Gasteiger partial charge in [0.1, 0.15) is 0 Å². The van der Waals surface area contributed by atoms with Crippen LogP contribution in [0, 0.1) is 0 Å². The van der Waals surface area contributed by atoms with Crippen LogP contribution >= 0.6 is 0 Å². The van der Waals surface area contributed by atoms with Crippen LogP contribution in [0.25, 0.3) is 0 Å². The molecule has 0 aliphatic heterocycles. The molecule has 0 aromatic rings. The molecule has 0 aromatic carbocycles. The Balaban J connectivity index is 3.99. The van der Waals surface area contributed by atoms with Crippen LogP contribution in [0.3, 0.4) is 0 Å². The van der Waals surface area contributed by atoms with Crippen molar-refractivity contribution in [2.75, 3.05) is 0 Å². The molecule has 0 aliphatic carbocycles. The van der Waals surface area contributed by atoms with E-state index in [0.717, 1.165) is 12.8 Å². The third kappa shape index (κ3) is 6.23. The molecule has 78 valence electrons. The van der Waals surface area contributed by atoms with Crippen LogP contribution in [-0.4, -0.2) is 5.97 Å². The molecule has 0 radical (unpaired) electrons. The van der Waals surface area contributed by atoms with Gasteiger partial charge in [-0.25, -0.2) is 0 Å². The molecule has 2 nitrogen and oxygen atoms in total. The van der Waals surface area contributed by atoms with Gasteiger partial charge in [0.05, 0.1) is 5.97 Å². The van der Waals surface area contributed by atoms with Crippen LogP contribution in [0.1, 0.15) is 33.1 Å². The number of carbonyl (C=O) groups excluding carboxylic acids is 1. The first-order chi connectivity index (χ1) is 6.72. The normalized spacial score (nSPS) is 12.9. The molecule has 0 atom stereocenters. The molecular weight excluding hydrogens is 176 g/mol. The first-order valence-electron chi connectivity index (χ1n) is 4.94. The largest absolute Gasteiger partial charge is 0.545 e. The van der Waals surface area contributed by atoms with Gasteiger partial charge in [-0.1, -0.05) is 44.2 Å². The van der Waals surface area contributed by atoms with Gasteiger partial charge in [0.2, 0.25) is 0 Å². The van der Waals surface area contributed by atoms with E-state index in [4.69, 9.17) is 0 Å². The summed E-state index contributed by atoms with van der Waals surface area (Å²) >= 11 is 0. The van der Waals surface area contributed by atoms with E-state index < -0.39 is 5.97 Å². The molecule has 0 rings (SSSR count). The number of carboxylic acid groups (broad SMARTS) is 1. The highest BCUT2D eigenvalue weighted by Gasteiger charge is 1.90. The van der Waals surface area contributed by atoms with Gasteiger partial charge in [0.25, 0.3) is 0 Å². The number of hydrogen-bond donors (Lipinski definition) is 0. The number of allylic oxidation sites excluding steroid dienone is 5. The monoisotopic (exact) mass is 193 g/mol. The quantitative estimate of drug-likeness (QED) is 0.367. The third-order valence-corrected chi connectivity index (χ3v) is 1.75. The second kappa shape index (κ2) is 8.30. The molecule has 0 amide bonds. The Morgan fingerprint density at radius 2 is 1.93 bits per heavy atom. The lowest BCUT2D eigenvalue weighted by atomic mass is 10.2. The molecule has 0 unspecified atom stereocenters. The van der Waals surface area contributed by atoms with E-state index >= 15 is 0 Å². The van der Waals surface area contributed by atoms with Crippen LogP contribution in [0.15, 0.2) is 36.0 Å². The summed E-state index contributed by atoms with van der Waals surface area (Å²) in [6.45, 7) is 3.87. The average molecular weight is 193 g/mol. The number of carbonyl (C=O) groups is 1. The van der Waals surface area contributed by atoms with Crippen molar-refractivity contribution < 1.29 is 9.90 Å². The Labute approximate surface area is 85.6 Å². The van der Waals surface area contributed by atoms with Gasteiger partial charge in [-0.15, -0.1) is 0 Å². The Hall–Kier alpha value is -1.31. The highest BCUT2D eigenvalue weighted by atomic mass is 16.4. The minimum Gasteiger partial charge on any atom is -0.545 e. The summed E-state index contributed by atoms with van der Waals surface area (Å²) < 4.78 is 0. The van der Waals surface area contributed by atoms with E-state index in [0.29, 0.717) is 12.0 Å². The van der Waals surface area contributed by atoms with Gasteiger partial charge in [0.15, 0.2) is 0 Å². The summed E-state index contributed by atoms with van der Waals surface area (Å²) in [5.74, 6) is -1.08. The van der Waals surface area contributed by atoms with Crippen molar-refractivity contribution in [2.45, 2.75) is 33.1 Å². The molecule has 0 spiro atoms. The lowest BCUT2D eigenvalue weighted by molar-refractivity contribution is -0.299. The summed E-state index contributed by atoms with van der Waals surface area (Å²) in [7, 11) is 0. The lowest BCUT2D eigenvalue weighted by Crippen LogP contribution is -2.23. The zero-order chi connectivity index (χ0) is 10.8. The Morgan fingerprint density at radius 1 is 1.21 bits per heavy atom. The maximum absolute atomic E-state index is 10.5. The number of hydrogen-bond acceptors (Lipinski definition) is 2. The van der Waals surface area contributed by atoms with E-state index in [2.05, 4.69) is 19.1 Å². The van der Waals surface area contributed by atoms with Gasteiger partial charge in [-0.3, -0.25) is 0 Å². The van der Waals surface area contributed by atoms with Crippen LogP contribution in [0.4, 0.5) is 0 Å². The Kier molecular flexibility index (Phi) is 7.52. The van der Waals surface area contributed by atoms with Crippen molar-refractivity contribution in [1.82, 2.24) is 0 Å². The zero-order valence-corrected chi connectivity index (χ0v) is 8.82. The second-order valence-electron chi connectivity index (χ2n) is 2.88. The lowest BCUT2D eigenvalue weighted by Gasteiger charge is -2.02. The fraction of sp³-hybridized carbons (Fsp3) is 0.417. The van der Waals surface area contributed by atoms with Crippen molar-refractivity contribution in [3.05, 3.63) is 36.0 Å². The van der Waals surface area contributed by atoms with Gasteiger partial charge in [-0.2, -0.15) is 0 Å². The van der Waals surface area contributed by atoms with Crippen molar-refractivity contribution in [3.8, 4) is 0 Å². The smallest absolute Gasteiger partial charge is 0.0674 e. The Morgan fingerprint density at radius 3 is 2.43 bits per heavy atom. The van der Waals surface area contributed by atoms with Crippen molar-refractivity contribution in [2.24, 2.45) is 0 Å². The summed E-state index contributed by atoms with van der Waals surface area (Å²) in [4.78, 5) is 10.5. The van der Waals surface area contributed by atoms with Crippen LogP contribution in [0.2, 0.25) is 0 Å². The molecule has 0 saturated heterocycles. The predicted octanol–water partition coefficient (Wildman–Crippen LogP) is 1.99. The highest BCUT2D eigenvalue weighted by Crippen LogP contribution is 1.99. The molecule has 0 bridgehead atoms. The van der Waals surface area contributed by atoms with Crippen molar-refractivity contribution in [1.29, 1.82) is 0 Å². The molecule has 2 heteroatoms. The molecule has 0 N–H and O–H groups in total. The zero-order valence-electron chi connectivity index (χ0n) is 8.82. The van der Waals surface area contributed by atoms with Crippen LogP contribution in [0.5, 0.6) is 0 Å². The minimum atomic E-state index is -1.08. The first kappa shape index (κ1) is 12.7. The van der Waals surface area contributed by atoms with Crippen molar-refractivity contribution in [3.63, 3.8) is 0 Å². The van der Waals surface area contributed by atoms with Gasteiger partial charge < -0.3 is 9.90 Å². The SMILES string of the molecule is CC/C=C/C/C=C/C=C(\CC)C(=O)[O-]. The van der Waals surface area contributed by atoms with Gasteiger partial charge >= 0.3 is 0 Å². The van der Waals surface area contributed by atoms with E-state index in [1.807, 2.05) is 6.08 Å². The summed E-state index contributed by atoms with van der Waals surface area (Å²) in [6, 6.07) is 0. The summed E-state index contributed by atoms with van der Waals surface area (Å²) in [5.41, 5.74) is 0.334. The highest BCUT2D eigenvalue weighted by molar-refractivity contribution is 5.84. The van der Waals surface area contributed by atoms with Gasteiger partial charge in [0, 0.05) is 0 Å². The van der Waals surface area contributed by atoms with E-state index in [1.54, 1.807) is 19.1 Å². The first-order valence-corrected chi connectivity index (χ1v) is 4.94. The molecule has 14 heavy (non-hydrogen) atoms. The van der Waals surface area contributed by atoms with E-state index in [1.165, 1.54) is 0 Å². The number of rotatable bonds is 6. The number of aliphatic carboxylic acids is 1. The second-order valence-corrected chi connectivity index (χ2v) is 2.88. The predicted molar refractivity (Wildman–Crippen MR) is 56.6 cm³/mol. The maximum atomic E-state index is 10.5. The topological polar surface area (TPSA) is 40.1 Å². The fourth-order valence-electron chi connectivity index (χ4n) is 0.934. The molecule has 0 aromatic heterocycles. The van der Waals surface area contributed by atoms with Crippen molar-refractivity contribution >= 4 is 5.97 Å². The fourth-order valence-corrected chi connectivity index (χ4v) is 0.934. The average Bonchev–Trinajstić information content (AvgIpc) is 2.16. The van der Waals surface area contributed by atoms with Crippen LogP contribution in [-0.2, 0) is 4.79 Å². The van der Waals surface area contributed by atoms with E-state index in [9.17, 15) is 9.90 Å². The van der Waals surface area contributed by atoms with Gasteiger partial charge in [-0.05, 0) is 24.8 Å². The molecule has 0 heterocycles. The Bertz CT molecular complexity index is 247. The summed E-state index contributed by atoms with van der Waals surface area (Å²) in [5, 5.41) is 10.5. The molecule has 0 fully saturated rings. The minimum absolute atomic E-state index is 0.334. The molecule has 0 saturated carbocycles. The standard InChI is InChI=1S/C12H18O2/c1-3-5-6-7-8-9-10-11(4-2)12(13)14/h5-6,8-10H,3-4,7H2,1-2H3,(H,13,14)/p-1/b6-5+,9-8+,11-10+. The van der Waals surface area contributed by atoms with E-state index in [-0.39, 0.29) is 0 Å².